The zero-order chi connectivity index (χ0) is 20.2. The van der Waals surface area contributed by atoms with Gasteiger partial charge in [0.05, 0.1) is 11.1 Å². The molecule has 8 heteroatoms. The van der Waals surface area contributed by atoms with Gasteiger partial charge in [-0.15, -0.1) is 0 Å². The van der Waals surface area contributed by atoms with Gasteiger partial charge >= 0.3 is 12.1 Å². The molecule has 0 saturated heterocycles. The highest BCUT2D eigenvalue weighted by Gasteiger charge is 2.34. The Balaban J connectivity index is 1.83. The van der Waals surface area contributed by atoms with Gasteiger partial charge in [0.15, 0.2) is 0 Å². The minimum absolute atomic E-state index is 0.164. The molecule has 146 valence electrons. The van der Waals surface area contributed by atoms with E-state index in [-0.39, 0.29) is 24.8 Å². The van der Waals surface area contributed by atoms with E-state index < -0.39 is 23.7 Å². The number of imide groups is 1. The van der Waals surface area contributed by atoms with E-state index in [4.69, 9.17) is 4.74 Å². The second kappa shape index (κ2) is 8.20. The number of carbonyl (C=O) groups excluding carboxylic acids is 3. The summed E-state index contributed by atoms with van der Waals surface area (Å²) < 4.78 is 5.06. The van der Waals surface area contributed by atoms with Crippen molar-refractivity contribution in [3.63, 3.8) is 0 Å². The van der Waals surface area contributed by atoms with Crippen LogP contribution < -0.4 is 5.32 Å². The van der Waals surface area contributed by atoms with Crippen LogP contribution in [0.25, 0.3) is 0 Å². The van der Waals surface area contributed by atoms with Gasteiger partial charge in [0.1, 0.15) is 11.6 Å². The first-order valence-corrected chi connectivity index (χ1v) is 8.77. The summed E-state index contributed by atoms with van der Waals surface area (Å²) in [6.45, 7) is 5.25. The van der Waals surface area contributed by atoms with E-state index in [2.05, 4.69) is 5.32 Å². The molecule has 0 unspecified atom stereocenters. The van der Waals surface area contributed by atoms with Gasteiger partial charge in [-0.3, -0.25) is 14.5 Å². The number of fused-ring (bicyclic) bond motifs is 1. The summed E-state index contributed by atoms with van der Waals surface area (Å²) in [5.74, 6) is -1.84. The van der Waals surface area contributed by atoms with Crippen molar-refractivity contribution < 1.29 is 29.0 Å². The number of carbonyl (C=O) groups is 4. The maximum absolute atomic E-state index is 12.3. The summed E-state index contributed by atoms with van der Waals surface area (Å²) >= 11 is 0. The molecule has 0 aromatic heterocycles. The molecule has 1 aliphatic rings. The lowest BCUT2D eigenvalue weighted by atomic mass is 10.1. The second-order valence-electron chi connectivity index (χ2n) is 7.34. The van der Waals surface area contributed by atoms with E-state index in [9.17, 15) is 24.3 Å². The highest BCUT2D eigenvalue weighted by Crippen LogP contribution is 2.22. The maximum Gasteiger partial charge on any atom is 0.408 e. The fourth-order valence-corrected chi connectivity index (χ4v) is 2.77. The van der Waals surface area contributed by atoms with Gasteiger partial charge in [-0.05, 0) is 52.2 Å². The number of hydrogen-bond acceptors (Lipinski definition) is 5. The standard InChI is InChI=1S/C19H24N2O6/c1-19(2,3)27-18(26)20-14(17(24)25)10-6-7-11-21-15(22)12-8-4-5-9-13(12)16(21)23/h4-5,8-9,14H,6-7,10-11H2,1-3H3,(H,20,26)(H,24,25)/t14-/m1/s1. The first kappa shape index (κ1) is 20.4. The molecular formula is C19H24N2O6. The maximum atomic E-state index is 12.3. The zero-order valence-electron chi connectivity index (χ0n) is 15.7. The Bertz CT molecular complexity index is 718. The molecule has 0 bridgehead atoms. The monoisotopic (exact) mass is 376 g/mol. The molecule has 1 aromatic rings. The second-order valence-corrected chi connectivity index (χ2v) is 7.34. The average Bonchev–Trinajstić information content (AvgIpc) is 2.80. The highest BCUT2D eigenvalue weighted by atomic mass is 16.6. The number of benzene rings is 1. The number of hydrogen-bond donors (Lipinski definition) is 2. The third-order valence-corrected chi connectivity index (χ3v) is 3.99. The van der Waals surface area contributed by atoms with Gasteiger partial charge in [-0.1, -0.05) is 12.1 Å². The Morgan fingerprint density at radius 3 is 2.15 bits per heavy atom. The largest absolute Gasteiger partial charge is 0.480 e. The Hall–Kier alpha value is -2.90. The Labute approximate surface area is 157 Å². The molecule has 0 spiro atoms. The van der Waals surface area contributed by atoms with E-state index in [0.717, 1.165) is 0 Å². The summed E-state index contributed by atoms with van der Waals surface area (Å²) in [7, 11) is 0. The van der Waals surface area contributed by atoms with Crippen LogP contribution in [-0.4, -0.2) is 52.1 Å². The number of carboxylic acids is 1. The van der Waals surface area contributed by atoms with E-state index in [1.54, 1.807) is 45.0 Å². The molecule has 2 rings (SSSR count). The third-order valence-electron chi connectivity index (χ3n) is 3.99. The Morgan fingerprint density at radius 2 is 1.67 bits per heavy atom. The van der Waals surface area contributed by atoms with Crippen LogP contribution in [0.3, 0.4) is 0 Å². The van der Waals surface area contributed by atoms with Crippen LogP contribution in [0.4, 0.5) is 4.79 Å². The van der Waals surface area contributed by atoms with Crippen LogP contribution >= 0.6 is 0 Å². The molecule has 0 saturated carbocycles. The first-order chi connectivity index (χ1) is 12.6. The SMILES string of the molecule is CC(C)(C)OC(=O)N[C@H](CCCCN1C(=O)c2ccccc2C1=O)C(=O)O. The van der Waals surface area contributed by atoms with Crippen LogP contribution in [-0.2, 0) is 9.53 Å². The van der Waals surface area contributed by atoms with Crippen molar-refractivity contribution in [2.24, 2.45) is 0 Å². The van der Waals surface area contributed by atoms with E-state index in [1.807, 2.05) is 0 Å². The molecule has 3 amide bonds. The van der Waals surface area contributed by atoms with Crippen molar-refractivity contribution in [3.05, 3.63) is 35.4 Å². The third kappa shape index (κ3) is 5.29. The number of rotatable bonds is 7. The number of amides is 3. The van der Waals surface area contributed by atoms with Crippen molar-refractivity contribution >= 4 is 23.9 Å². The number of ether oxygens (including phenoxy) is 1. The quantitative estimate of drug-likeness (QED) is 0.558. The molecule has 0 radical (unpaired) electrons. The molecule has 2 N–H and O–H groups in total. The minimum atomic E-state index is -1.17. The van der Waals surface area contributed by atoms with Gasteiger partial charge in [-0.25, -0.2) is 9.59 Å². The van der Waals surface area contributed by atoms with Crippen molar-refractivity contribution in [1.82, 2.24) is 10.2 Å². The van der Waals surface area contributed by atoms with Gasteiger partial charge in [0.2, 0.25) is 0 Å². The zero-order valence-corrected chi connectivity index (χ0v) is 15.7. The van der Waals surface area contributed by atoms with Crippen LogP contribution in [0.15, 0.2) is 24.3 Å². The van der Waals surface area contributed by atoms with Crippen molar-refractivity contribution in [1.29, 1.82) is 0 Å². The van der Waals surface area contributed by atoms with Gasteiger partial charge < -0.3 is 15.2 Å². The number of nitrogens with one attached hydrogen (secondary N) is 1. The Kier molecular flexibility index (Phi) is 6.20. The summed E-state index contributed by atoms with van der Waals surface area (Å²) in [5.41, 5.74) is 0.0496. The van der Waals surface area contributed by atoms with Crippen LogP contribution in [0.2, 0.25) is 0 Å². The van der Waals surface area contributed by atoms with Gasteiger partial charge in [0, 0.05) is 6.54 Å². The van der Waals surface area contributed by atoms with Crippen molar-refractivity contribution in [2.45, 2.75) is 51.7 Å². The number of unbranched alkanes of at least 4 members (excludes halogenated alkanes) is 1. The molecule has 0 fully saturated rings. The van der Waals surface area contributed by atoms with E-state index in [1.165, 1.54) is 4.90 Å². The molecule has 1 atom stereocenters. The molecule has 27 heavy (non-hydrogen) atoms. The lowest BCUT2D eigenvalue weighted by molar-refractivity contribution is -0.139. The molecule has 1 heterocycles. The van der Waals surface area contributed by atoms with Crippen molar-refractivity contribution in [3.8, 4) is 0 Å². The van der Waals surface area contributed by atoms with Crippen molar-refractivity contribution in [2.75, 3.05) is 6.54 Å². The average molecular weight is 376 g/mol. The molecule has 8 nitrogen and oxygen atoms in total. The number of aliphatic carboxylic acids is 1. The molecule has 0 aliphatic carbocycles. The first-order valence-electron chi connectivity index (χ1n) is 8.77. The topological polar surface area (TPSA) is 113 Å². The summed E-state index contributed by atoms with van der Waals surface area (Å²) in [5, 5.41) is 11.6. The molecule has 1 aliphatic heterocycles. The smallest absolute Gasteiger partial charge is 0.408 e. The van der Waals surface area contributed by atoms with Crippen LogP contribution in [0.5, 0.6) is 0 Å². The summed E-state index contributed by atoms with van der Waals surface area (Å²) in [6, 6.07) is 5.53. The lowest BCUT2D eigenvalue weighted by Crippen LogP contribution is -2.43. The van der Waals surface area contributed by atoms with Crippen LogP contribution in [0, 0.1) is 0 Å². The van der Waals surface area contributed by atoms with Crippen LogP contribution in [0.1, 0.15) is 60.7 Å². The normalized spacial score (nSPS) is 14.7. The lowest BCUT2D eigenvalue weighted by Gasteiger charge is -2.22. The van der Waals surface area contributed by atoms with Gasteiger partial charge in [0.25, 0.3) is 11.8 Å². The van der Waals surface area contributed by atoms with E-state index in [0.29, 0.717) is 24.0 Å². The molecule has 1 aromatic carbocycles. The Morgan fingerprint density at radius 1 is 1.11 bits per heavy atom. The summed E-state index contributed by atoms with van der Waals surface area (Å²) in [6.07, 6.45) is 0.221. The fourth-order valence-electron chi connectivity index (χ4n) is 2.77. The fraction of sp³-hybridized carbons (Fsp3) is 0.474. The van der Waals surface area contributed by atoms with E-state index >= 15 is 0 Å². The summed E-state index contributed by atoms with van der Waals surface area (Å²) in [4.78, 5) is 48.7. The predicted molar refractivity (Wildman–Crippen MR) is 96.5 cm³/mol. The molecular weight excluding hydrogens is 352 g/mol. The number of carboxylic acid groups (broad SMARTS) is 1. The number of alkyl carbamates (subject to hydrolysis) is 1. The number of nitrogens with zero attached hydrogens (tertiary/aromatic N) is 1. The van der Waals surface area contributed by atoms with Gasteiger partial charge in [-0.2, -0.15) is 0 Å². The predicted octanol–water partition coefficient (Wildman–Crippen LogP) is 2.43. The minimum Gasteiger partial charge on any atom is -0.480 e. The highest BCUT2D eigenvalue weighted by molar-refractivity contribution is 6.21.